The number of benzene rings is 1. The zero-order valence-electron chi connectivity index (χ0n) is 8.93. The maximum absolute atomic E-state index is 13.2. The lowest BCUT2D eigenvalue weighted by molar-refractivity contribution is 0.572. The first-order valence-electron chi connectivity index (χ1n) is 4.86. The van der Waals surface area contributed by atoms with Crippen LogP contribution in [0, 0.1) is 11.6 Å². The highest BCUT2D eigenvalue weighted by molar-refractivity contribution is 5.79. The third kappa shape index (κ3) is 3.47. The molecule has 6 heteroatoms. The molecular weight excluding hydrogens is 214 g/mol. The van der Waals surface area contributed by atoms with Crippen LogP contribution in [0.5, 0.6) is 0 Å². The molecule has 4 nitrogen and oxygen atoms in total. The second kappa shape index (κ2) is 6.02. The van der Waals surface area contributed by atoms with Crippen molar-refractivity contribution in [2.75, 3.05) is 6.54 Å². The summed E-state index contributed by atoms with van der Waals surface area (Å²) in [7, 11) is 0. The van der Waals surface area contributed by atoms with Gasteiger partial charge in [0.25, 0.3) is 0 Å². The lowest BCUT2D eigenvalue weighted by Crippen LogP contribution is -2.41. The van der Waals surface area contributed by atoms with E-state index in [1.165, 1.54) is 12.1 Å². The van der Waals surface area contributed by atoms with Gasteiger partial charge in [0, 0.05) is 18.2 Å². The monoisotopic (exact) mass is 228 g/mol. The molecule has 0 aromatic heterocycles. The third-order valence-corrected chi connectivity index (χ3v) is 1.90. The first kappa shape index (κ1) is 12.4. The van der Waals surface area contributed by atoms with Gasteiger partial charge in [0.15, 0.2) is 0 Å². The van der Waals surface area contributed by atoms with E-state index in [0.717, 1.165) is 6.07 Å². The molecule has 0 heterocycles. The smallest absolute Gasteiger partial charge is 0.206 e. The molecule has 0 aliphatic heterocycles. The van der Waals surface area contributed by atoms with Gasteiger partial charge in [-0.15, -0.1) is 0 Å². The van der Waals surface area contributed by atoms with Gasteiger partial charge in [-0.25, -0.2) is 19.6 Å². The molecular formula is C10H14F2N4. The number of nitrogens with one attached hydrogen (secondary N) is 2. The highest BCUT2D eigenvalue weighted by atomic mass is 19.1. The number of rotatable bonds is 3. The summed E-state index contributed by atoms with van der Waals surface area (Å²) in [5.41, 5.74) is 2.66. The minimum absolute atomic E-state index is 0.0959. The van der Waals surface area contributed by atoms with E-state index < -0.39 is 11.6 Å². The summed E-state index contributed by atoms with van der Waals surface area (Å²) in [6.07, 6.45) is 0. The maximum atomic E-state index is 13.2. The van der Waals surface area contributed by atoms with Crippen molar-refractivity contribution in [2.24, 2.45) is 10.8 Å². The van der Waals surface area contributed by atoms with E-state index >= 15 is 0 Å². The number of hydrogen-bond donors (Lipinski definition) is 3. The van der Waals surface area contributed by atoms with Gasteiger partial charge >= 0.3 is 0 Å². The van der Waals surface area contributed by atoms with E-state index in [4.69, 9.17) is 5.84 Å². The van der Waals surface area contributed by atoms with E-state index in [2.05, 4.69) is 15.7 Å². The van der Waals surface area contributed by atoms with Gasteiger partial charge in [-0.2, -0.15) is 0 Å². The molecule has 0 saturated heterocycles. The number of hydrazine groups is 1. The molecule has 0 fully saturated rings. The lowest BCUT2D eigenvalue weighted by Gasteiger charge is -2.06. The average Bonchev–Trinajstić information content (AvgIpc) is 2.26. The largest absolute Gasteiger partial charge is 0.356 e. The number of guanidine groups is 1. The minimum Gasteiger partial charge on any atom is -0.356 e. The summed E-state index contributed by atoms with van der Waals surface area (Å²) >= 11 is 0. The third-order valence-electron chi connectivity index (χ3n) is 1.90. The van der Waals surface area contributed by atoms with E-state index in [9.17, 15) is 8.78 Å². The van der Waals surface area contributed by atoms with Gasteiger partial charge in [0.1, 0.15) is 11.6 Å². The van der Waals surface area contributed by atoms with Gasteiger partial charge in [-0.05, 0) is 13.0 Å². The molecule has 1 aromatic rings. The zero-order chi connectivity index (χ0) is 12.0. The van der Waals surface area contributed by atoms with E-state index in [-0.39, 0.29) is 6.54 Å². The van der Waals surface area contributed by atoms with Crippen LogP contribution in [0.3, 0.4) is 0 Å². The van der Waals surface area contributed by atoms with Crippen LogP contribution in [0.1, 0.15) is 12.5 Å². The molecule has 0 atom stereocenters. The summed E-state index contributed by atoms with van der Waals surface area (Å²) in [6, 6.07) is 3.37. The Morgan fingerprint density at radius 2 is 2.19 bits per heavy atom. The summed E-state index contributed by atoms with van der Waals surface area (Å²) < 4.78 is 25.8. The number of aliphatic imine (C=N–C) groups is 1. The zero-order valence-corrected chi connectivity index (χ0v) is 8.93. The number of hydrogen-bond acceptors (Lipinski definition) is 2. The fourth-order valence-electron chi connectivity index (χ4n) is 1.13. The van der Waals surface area contributed by atoms with Crippen molar-refractivity contribution >= 4 is 5.96 Å². The van der Waals surface area contributed by atoms with Crippen LogP contribution in [0.4, 0.5) is 8.78 Å². The second-order valence-corrected chi connectivity index (χ2v) is 3.08. The Morgan fingerprint density at radius 3 is 2.75 bits per heavy atom. The molecule has 88 valence electrons. The average molecular weight is 228 g/mol. The Balaban J connectivity index is 2.72. The molecule has 1 rings (SSSR count). The van der Waals surface area contributed by atoms with Crippen LogP contribution in [0.25, 0.3) is 0 Å². The number of nitrogens with two attached hydrogens (primary N) is 1. The standard InChI is InChI=1S/C10H14F2N4/c1-2-14-10(16-13)15-6-7-3-4-8(11)5-9(7)12/h3-5H,2,6,13H2,1H3,(H2,14,15,16). The quantitative estimate of drug-likeness (QED) is 0.312. The molecule has 0 unspecified atom stereocenters. The van der Waals surface area contributed by atoms with Crippen LogP contribution in [0.15, 0.2) is 23.2 Å². The molecule has 0 spiro atoms. The molecule has 1 aromatic carbocycles. The first-order valence-corrected chi connectivity index (χ1v) is 4.86. The lowest BCUT2D eigenvalue weighted by atomic mass is 10.2. The van der Waals surface area contributed by atoms with Crippen LogP contribution in [-0.2, 0) is 6.54 Å². The van der Waals surface area contributed by atoms with Crippen molar-refractivity contribution in [1.82, 2.24) is 10.7 Å². The molecule has 0 bridgehead atoms. The summed E-state index contributed by atoms with van der Waals surface area (Å²) in [5, 5.41) is 2.85. The van der Waals surface area contributed by atoms with Crippen molar-refractivity contribution < 1.29 is 8.78 Å². The van der Waals surface area contributed by atoms with Crippen LogP contribution < -0.4 is 16.6 Å². The molecule has 0 aliphatic rings. The van der Waals surface area contributed by atoms with Crippen LogP contribution in [0.2, 0.25) is 0 Å². The Morgan fingerprint density at radius 1 is 1.44 bits per heavy atom. The summed E-state index contributed by atoms with van der Waals surface area (Å²) in [5.74, 6) is 4.34. The van der Waals surface area contributed by atoms with Crippen molar-refractivity contribution in [1.29, 1.82) is 0 Å². The minimum atomic E-state index is -0.614. The van der Waals surface area contributed by atoms with Crippen molar-refractivity contribution in [3.05, 3.63) is 35.4 Å². The molecule has 0 saturated carbocycles. The van der Waals surface area contributed by atoms with Gasteiger partial charge in [0.05, 0.1) is 6.54 Å². The van der Waals surface area contributed by atoms with Gasteiger partial charge < -0.3 is 5.32 Å². The van der Waals surface area contributed by atoms with Crippen molar-refractivity contribution in [2.45, 2.75) is 13.5 Å². The predicted molar refractivity (Wildman–Crippen MR) is 58.5 cm³/mol. The second-order valence-electron chi connectivity index (χ2n) is 3.08. The van der Waals surface area contributed by atoms with Crippen LogP contribution in [-0.4, -0.2) is 12.5 Å². The Hall–Kier alpha value is -1.69. The Kier molecular flexibility index (Phi) is 4.65. The van der Waals surface area contributed by atoms with E-state index in [1.54, 1.807) is 0 Å². The summed E-state index contributed by atoms with van der Waals surface area (Å²) in [6.45, 7) is 2.62. The Bertz CT molecular complexity index is 379. The van der Waals surface area contributed by atoms with Crippen LogP contribution >= 0.6 is 0 Å². The normalized spacial score (nSPS) is 11.4. The highest BCUT2D eigenvalue weighted by Gasteiger charge is 2.03. The Labute approximate surface area is 92.5 Å². The van der Waals surface area contributed by atoms with Crippen molar-refractivity contribution in [3.8, 4) is 0 Å². The number of halogens is 2. The fourth-order valence-corrected chi connectivity index (χ4v) is 1.13. The number of nitrogens with zero attached hydrogens (tertiary/aromatic N) is 1. The van der Waals surface area contributed by atoms with E-state index in [0.29, 0.717) is 18.1 Å². The molecule has 0 aliphatic carbocycles. The van der Waals surface area contributed by atoms with Crippen molar-refractivity contribution in [3.63, 3.8) is 0 Å². The first-order chi connectivity index (χ1) is 7.67. The fraction of sp³-hybridized carbons (Fsp3) is 0.300. The molecule has 16 heavy (non-hydrogen) atoms. The van der Waals surface area contributed by atoms with Gasteiger partial charge in [0.2, 0.25) is 5.96 Å². The molecule has 4 N–H and O–H groups in total. The van der Waals surface area contributed by atoms with Gasteiger partial charge in [-0.3, -0.25) is 5.43 Å². The molecule has 0 radical (unpaired) electrons. The SMILES string of the molecule is CCNC(=NCc1ccc(F)cc1F)NN. The maximum Gasteiger partial charge on any atom is 0.206 e. The highest BCUT2D eigenvalue weighted by Crippen LogP contribution is 2.10. The molecule has 0 amide bonds. The predicted octanol–water partition coefficient (Wildman–Crippen LogP) is 0.894. The van der Waals surface area contributed by atoms with E-state index in [1.807, 2.05) is 6.92 Å². The summed E-state index contributed by atoms with van der Waals surface area (Å²) in [4.78, 5) is 4.00. The van der Waals surface area contributed by atoms with Gasteiger partial charge in [-0.1, -0.05) is 6.07 Å². The topological polar surface area (TPSA) is 62.4 Å².